The lowest BCUT2D eigenvalue weighted by Gasteiger charge is -2.26. The van der Waals surface area contributed by atoms with Gasteiger partial charge in [0, 0.05) is 17.6 Å². The molecule has 6 heteroatoms. The molecule has 1 N–H and O–H groups in total. The number of amides is 1. The maximum absolute atomic E-state index is 13.5. The topological polar surface area (TPSA) is 41.6 Å². The summed E-state index contributed by atoms with van der Waals surface area (Å²) in [6, 6.07) is 4.36. The Morgan fingerprint density at radius 3 is 2.76 bits per heavy atom. The quantitative estimate of drug-likeness (QED) is 0.901. The number of benzene rings is 1. The number of morpholine rings is 1. The monoisotopic (exact) mass is 302 g/mol. The van der Waals surface area contributed by atoms with Gasteiger partial charge in [0.15, 0.2) is 0 Å². The van der Waals surface area contributed by atoms with Gasteiger partial charge in [-0.1, -0.05) is 15.9 Å². The smallest absolute Gasteiger partial charge is 0.268 e. The van der Waals surface area contributed by atoms with E-state index in [9.17, 15) is 9.18 Å². The molecule has 0 aromatic heterocycles. The van der Waals surface area contributed by atoms with Crippen LogP contribution in [0.25, 0.3) is 0 Å². The van der Waals surface area contributed by atoms with E-state index in [-0.39, 0.29) is 5.56 Å². The highest BCUT2D eigenvalue weighted by molar-refractivity contribution is 9.10. The Morgan fingerprint density at radius 2 is 2.12 bits per heavy atom. The number of hydrogen-bond donors (Lipinski definition) is 1. The molecule has 1 saturated heterocycles. The zero-order chi connectivity index (χ0) is 12.3. The van der Waals surface area contributed by atoms with Crippen molar-refractivity contribution >= 4 is 21.8 Å². The average Bonchev–Trinajstić information content (AvgIpc) is 2.30. The highest BCUT2D eigenvalue weighted by Crippen LogP contribution is 2.15. The van der Waals surface area contributed by atoms with Crippen molar-refractivity contribution in [3.8, 4) is 0 Å². The van der Waals surface area contributed by atoms with Gasteiger partial charge in [-0.15, -0.1) is 0 Å². The van der Waals surface area contributed by atoms with Crippen LogP contribution in [0.3, 0.4) is 0 Å². The number of halogens is 2. The van der Waals surface area contributed by atoms with Crippen molar-refractivity contribution in [3.63, 3.8) is 0 Å². The van der Waals surface area contributed by atoms with Crippen LogP contribution in [0.5, 0.6) is 0 Å². The fraction of sp³-hybridized carbons (Fsp3) is 0.364. The van der Waals surface area contributed by atoms with Crippen LogP contribution >= 0.6 is 15.9 Å². The molecule has 1 aliphatic rings. The van der Waals surface area contributed by atoms with E-state index in [0.717, 1.165) is 0 Å². The molecule has 0 atom stereocenters. The van der Waals surface area contributed by atoms with Crippen molar-refractivity contribution in [1.82, 2.24) is 10.4 Å². The van der Waals surface area contributed by atoms with Gasteiger partial charge in [-0.05, 0) is 18.2 Å². The fourth-order valence-electron chi connectivity index (χ4n) is 1.55. The van der Waals surface area contributed by atoms with Crippen LogP contribution in [-0.4, -0.2) is 37.2 Å². The maximum atomic E-state index is 13.5. The molecule has 0 bridgehead atoms. The Morgan fingerprint density at radius 1 is 1.41 bits per heavy atom. The zero-order valence-electron chi connectivity index (χ0n) is 9.08. The minimum absolute atomic E-state index is 0.0414. The fourth-order valence-corrected chi connectivity index (χ4v) is 1.89. The predicted octanol–water partition coefficient (Wildman–Crippen LogP) is 1.57. The van der Waals surface area contributed by atoms with Crippen LogP contribution in [0, 0.1) is 5.82 Å². The second-order valence-electron chi connectivity index (χ2n) is 3.66. The summed E-state index contributed by atoms with van der Waals surface area (Å²) >= 11 is 3.15. The van der Waals surface area contributed by atoms with Crippen LogP contribution in [0.1, 0.15) is 10.4 Å². The first-order valence-corrected chi connectivity index (χ1v) is 6.05. The van der Waals surface area contributed by atoms with Crippen molar-refractivity contribution in [3.05, 3.63) is 34.1 Å². The molecule has 1 amide bonds. The molecule has 2 rings (SSSR count). The molecule has 0 unspecified atom stereocenters. The Labute approximate surface area is 107 Å². The minimum Gasteiger partial charge on any atom is -0.379 e. The molecule has 1 heterocycles. The summed E-state index contributed by atoms with van der Waals surface area (Å²) in [5.41, 5.74) is 2.70. The minimum atomic E-state index is -0.537. The van der Waals surface area contributed by atoms with E-state index in [1.165, 1.54) is 12.1 Å². The number of carbonyl (C=O) groups is 1. The summed E-state index contributed by atoms with van der Waals surface area (Å²) in [6.45, 7) is 2.37. The lowest BCUT2D eigenvalue weighted by molar-refractivity contribution is 0.0125. The molecule has 1 fully saturated rings. The SMILES string of the molecule is O=C(NN1CCOCC1)c1ccc(Br)cc1F. The van der Waals surface area contributed by atoms with Crippen molar-refractivity contribution in [2.45, 2.75) is 0 Å². The normalized spacial score (nSPS) is 16.8. The van der Waals surface area contributed by atoms with Gasteiger partial charge in [0.1, 0.15) is 5.82 Å². The van der Waals surface area contributed by atoms with E-state index in [4.69, 9.17) is 4.74 Å². The van der Waals surface area contributed by atoms with Crippen LogP contribution in [-0.2, 0) is 4.74 Å². The Kier molecular flexibility index (Phi) is 4.09. The van der Waals surface area contributed by atoms with Crippen LogP contribution in [0.4, 0.5) is 4.39 Å². The van der Waals surface area contributed by atoms with Gasteiger partial charge in [0.05, 0.1) is 18.8 Å². The van der Waals surface area contributed by atoms with Gasteiger partial charge in [0.2, 0.25) is 0 Å². The second-order valence-corrected chi connectivity index (χ2v) is 4.58. The number of nitrogens with zero attached hydrogens (tertiary/aromatic N) is 1. The lowest BCUT2D eigenvalue weighted by atomic mass is 10.2. The number of hydrazine groups is 1. The largest absolute Gasteiger partial charge is 0.379 e. The molecule has 1 aromatic carbocycles. The predicted molar refractivity (Wildman–Crippen MR) is 64.0 cm³/mol. The Hall–Kier alpha value is -0.980. The van der Waals surface area contributed by atoms with E-state index in [1.54, 1.807) is 11.1 Å². The van der Waals surface area contributed by atoms with Crippen LogP contribution in [0.2, 0.25) is 0 Å². The van der Waals surface area contributed by atoms with Crippen molar-refractivity contribution < 1.29 is 13.9 Å². The first-order chi connectivity index (χ1) is 8.16. The van der Waals surface area contributed by atoms with Gasteiger partial charge in [-0.2, -0.15) is 0 Å². The number of nitrogens with one attached hydrogen (secondary N) is 1. The van der Waals surface area contributed by atoms with Crippen molar-refractivity contribution in [1.29, 1.82) is 0 Å². The number of carbonyl (C=O) groups excluding carboxylic acids is 1. The van der Waals surface area contributed by atoms with Crippen molar-refractivity contribution in [2.24, 2.45) is 0 Å². The summed E-state index contributed by atoms with van der Waals surface area (Å²) in [5.74, 6) is -0.970. The van der Waals surface area contributed by atoms with Gasteiger partial charge in [-0.3, -0.25) is 10.2 Å². The van der Waals surface area contributed by atoms with Crippen LogP contribution in [0.15, 0.2) is 22.7 Å². The lowest BCUT2D eigenvalue weighted by Crippen LogP contribution is -2.48. The summed E-state index contributed by atoms with van der Waals surface area (Å²) < 4.78 is 19.3. The molecule has 4 nitrogen and oxygen atoms in total. The van der Waals surface area contributed by atoms with Gasteiger partial charge < -0.3 is 4.74 Å². The number of rotatable bonds is 2. The van der Waals surface area contributed by atoms with E-state index in [1.807, 2.05) is 0 Å². The van der Waals surface area contributed by atoms with Gasteiger partial charge >= 0.3 is 0 Å². The molecule has 1 aromatic rings. The Balaban J connectivity index is 2.03. The third-order valence-electron chi connectivity index (χ3n) is 2.45. The molecular formula is C11H12BrFN2O2. The van der Waals surface area contributed by atoms with Gasteiger partial charge in [-0.25, -0.2) is 9.40 Å². The zero-order valence-corrected chi connectivity index (χ0v) is 10.7. The second kappa shape index (κ2) is 5.57. The number of hydrogen-bond acceptors (Lipinski definition) is 3. The molecule has 17 heavy (non-hydrogen) atoms. The van der Waals surface area contributed by atoms with E-state index < -0.39 is 11.7 Å². The average molecular weight is 303 g/mol. The van der Waals surface area contributed by atoms with Crippen molar-refractivity contribution in [2.75, 3.05) is 26.3 Å². The summed E-state index contributed by atoms with van der Waals surface area (Å²) in [4.78, 5) is 11.8. The van der Waals surface area contributed by atoms with E-state index in [2.05, 4.69) is 21.4 Å². The molecule has 92 valence electrons. The molecular weight excluding hydrogens is 291 g/mol. The standard InChI is InChI=1S/C11H12BrFN2O2/c12-8-1-2-9(10(13)7-8)11(16)14-15-3-5-17-6-4-15/h1-2,7H,3-6H2,(H,14,16). The van der Waals surface area contributed by atoms with E-state index >= 15 is 0 Å². The highest BCUT2D eigenvalue weighted by Gasteiger charge is 2.16. The summed E-state index contributed by atoms with van der Waals surface area (Å²) in [7, 11) is 0. The van der Waals surface area contributed by atoms with E-state index in [0.29, 0.717) is 30.8 Å². The summed E-state index contributed by atoms with van der Waals surface area (Å²) in [5, 5.41) is 1.73. The van der Waals surface area contributed by atoms with Gasteiger partial charge in [0.25, 0.3) is 5.91 Å². The molecule has 0 saturated carbocycles. The first-order valence-electron chi connectivity index (χ1n) is 5.25. The maximum Gasteiger partial charge on any atom is 0.268 e. The van der Waals surface area contributed by atoms with Crippen LogP contribution < -0.4 is 5.43 Å². The number of ether oxygens (including phenoxy) is 1. The molecule has 1 aliphatic heterocycles. The highest BCUT2D eigenvalue weighted by atomic mass is 79.9. The third-order valence-corrected chi connectivity index (χ3v) is 2.94. The third kappa shape index (κ3) is 3.24. The molecule has 0 spiro atoms. The summed E-state index contributed by atoms with van der Waals surface area (Å²) in [6.07, 6.45) is 0. The first kappa shape index (κ1) is 12.5. The Bertz CT molecular complexity index is 422. The molecule has 0 radical (unpaired) electrons. The molecule has 0 aliphatic carbocycles.